The number of nitrogens with two attached hydrogens (primary N) is 1. The summed E-state index contributed by atoms with van der Waals surface area (Å²) >= 11 is 0. The second-order valence-corrected chi connectivity index (χ2v) is 2.68. The van der Waals surface area contributed by atoms with Gasteiger partial charge < -0.3 is 11.1 Å². The third kappa shape index (κ3) is 2.02. The van der Waals surface area contributed by atoms with Crippen molar-refractivity contribution < 1.29 is 0 Å². The van der Waals surface area contributed by atoms with Crippen LogP contribution in [0.3, 0.4) is 0 Å². The summed E-state index contributed by atoms with van der Waals surface area (Å²) in [6.45, 7) is 3.99. The first-order chi connectivity index (χ1) is 5.74. The van der Waals surface area contributed by atoms with Crippen LogP contribution in [0.2, 0.25) is 0 Å². The van der Waals surface area contributed by atoms with Gasteiger partial charge in [0.2, 0.25) is 0 Å². The number of nitrogen functional groups attached to an aromatic ring is 1. The molecule has 0 aromatic heterocycles. The van der Waals surface area contributed by atoms with Gasteiger partial charge in [0.05, 0.1) is 11.4 Å². The van der Waals surface area contributed by atoms with Crippen molar-refractivity contribution in [3.63, 3.8) is 0 Å². The van der Waals surface area contributed by atoms with E-state index in [2.05, 4.69) is 5.32 Å². The van der Waals surface area contributed by atoms with Crippen LogP contribution in [0.15, 0.2) is 36.0 Å². The smallest absolute Gasteiger partial charge is 0.0615 e. The lowest BCUT2D eigenvalue weighted by Crippen LogP contribution is -1.98. The van der Waals surface area contributed by atoms with E-state index in [4.69, 9.17) is 5.73 Å². The molecule has 2 nitrogen and oxygen atoms in total. The number of hydrogen-bond acceptors (Lipinski definition) is 2. The van der Waals surface area contributed by atoms with Crippen molar-refractivity contribution in [3.05, 3.63) is 36.0 Å². The highest BCUT2D eigenvalue weighted by molar-refractivity contribution is 5.67. The Balaban J connectivity index is 2.82. The summed E-state index contributed by atoms with van der Waals surface area (Å²) in [5.41, 5.74) is 8.58. The largest absolute Gasteiger partial charge is 0.397 e. The Labute approximate surface area is 73.1 Å². The molecule has 0 fully saturated rings. The summed E-state index contributed by atoms with van der Waals surface area (Å²) < 4.78 is 0. The first kappa shape index (κ1) is 8.65. The van der Waals surface area contributed by atoms with Crippen molar-refractivity contribution in [2.75, 3.05) is 11.1 Å². The maximum absolute atomic E-state index is 5.73. The number of para-hydroxylation sites is 2. The van der Waals surface area contributed by atoms with Crippen LogP contribution in [-0.2, 0) is 0 Å². The van der Waals surface area contributed by atoms with E-state index in [0.717, 1.165) is 17.1 Å². The van der Waals surface area contributed by atoms with Gasteiger partial charge in [0.25, 0.3) is 0 Å². The van der Waals surface area contributed by atoms with Crippen LogP contribution in [-0.4, -0.2) is 0 Å². The molecule has 0 saturated carbocycles. The van der Waals surface area contributed by atoms with E-state index < -0.39 is 0 Å². The summed E-state index contributed by atoms with van der Waals surface area (Å²) in [6, 6.07) is 7.72. The Morgan fingerprint density at radius 2 is 2.08 bits per heavy atom. The third-order valence-corrected chi connectivity index (χ3v) is 1.73. The van der Waals surface area contributed by atoms with Crippen LogP contribution in [0, 0.1) is 0 Å². The Hall–Kier alpha value is -1.44. The van der Waals surface area contributed by atoms with Gasteiger partial charge in [-0.1, -0.05) is 18.2 Å². The summed E-state index contributed by atoms with van der Waals surface area (Å²) in [5, 5.41) is 3.20. The van der Waals surface area contributed by atoms with Crippen molar-refractivity contribution in [2.45, 2.75) is 13.8 Å². The Morgan fingerprint density at radius 1 is 1.42 bits per heavy atom. The molecule has 1 aromatic carbocycles. The fourth-order valence-electron chi connectivity index (χ4n) is 0.895. The summed E-state index contributed by atoms with van der Waals surface area (Å²) in [6.07, 6.45) is 2.01. The topological polar surface area (TPSA) is 38.0 Å². The first-order valence-electron chi connectivity index (χ1n) is 3.98. The lowest BCUT2D eigenvalue weighted by Gasteiger charge is -2.07. The van der Waals surface area contributed by atoms with Crippen LogP contribution in [0.25, 0.3) is 0 Å². The molecule has 0 bridgehead atoms. The highest BCUT2D eigenvalue weighted by atomic mass is 14.9. The summed E-state index contributed by atoms with van der Waals surface area (Å²) in [7, 11) is 0. The molecule has 1 aromatic rings. The van der Waals surface area contributed by atoms with E-state index >= 15 is 0 Å². The quantitative estimate of drug-likeness (QED) is 0.656. The highest BCUT2D eigenvalue weighted by Crippen LogP contribution is 2.18. The van der Waals surface area contributed by atoms with E-state index in [-0.39, 0.29) is 0 Å². The average Bonchev–Trinajstić information content (AvgIpc) is 2.09. The second-order valence-electron chi connectivity index (χ2n) is 2.68. The molecule has 0 atom stereocenters. The Morgan fingerprint density at radius 3 is 2.67 bits per heavy atom. The van der Waals surface area contributed by atoms with Gasteiger partial charge in [0.15, 0.2) is 0 Å². The molecule has 0 amide bonds. The number of hydrogen-bond donors (Lipinski definition) is 2. The molecular formula is C10H14N2. The molecule has 0 aliphatic heterocycles. The van der Waals surface area contributed by atoms with Crippen molar-refractivity contribution >= 4 is 11.4 Å². The van der Waals surface area contributed by atoms with Crippen LogP contribution < -0.4 is 11.1 Å². The molecule has 0 saturated heterocycles. The van der Waals surface area contributed by atoms with Gasteiger partial charge in [0.1, 0.15) is 0 Å². The van der Waals surface area contributed by atoms with E-state index in [1.54, 1.807) is 0 Å². The van der Waals surface area contributed by atoms with Crippen LogP contribution in [0.5, 0.6) is 0 Å². The number of anilines is 2. The number of rotatable bonds is 2. The molecule has 12 heavy (non-hydrogen) atoms. The molecule has 0 spiro atoms. The lowest BCUT2D eigenvalue weighted by atomic mass is 10.2. The van der Waals surface area contributed by atoms with Gasteiger partial charge >= 0.3 is 0 Å². The summed E-state index contributed by atoms with van der Waals surface area (Å²) in [5.74, 6) is 0. The molecule has 0 unspecified atom stereocenters. The van der Waals surface area contributed by atoms with Crippen molar-refractivity contribution in [1.29, 1.82) is 0 Å². The zero-order chi connectivity index (χ0) is 8.97. The van der Waals surface area contributed by atoms with Crippen LogP contribution in [0.4, 0.5) is 11.4 Å². The van der Waals surface area contributed by atoms with Crippen molar-refractivity contribution in [3.8, 4) is 0 Å². The highest BCUT2D eigenvalue weighted by Gasteiger charge is 1.94. The Kier molecular flexibility index (Phi) is 2.75. The fourth-order valence-corrected chi connectivity index (χ4v) is 0.895. The van der Waals surface area contributed by atoms with Crippen LogP contribution in [0.1, 0.15) is 13.8 Å². The van der Waals surface area contributed by atoms with Gasteiger partial charge in [0, 0.05) is 5.70 Å². The molecule has 2 heteroatoms. The van der Waals surface area contributed by atoms with E-state index in [1.165, 1.54) is 0 Å². The van der Waals surface area contributed by atoms with Gasteiger partial charge in [-0.15, -0.1) is 0 Å². The van der Waals surface area contributed by atoms with E-state index in [9.17, 15) is 0 Å². The molecule has 64 valence electrons. The molecule has 0 heterocycles. The number of nitrogens with one attached hydrogen (secondary N) is 1. The minimum atomic E-state index is 0.777. The van der Waals surface area contributed by atoms with Crippen molar-refractivity contribution in [2.24, 2.45) is 0 Å². The molecule has 3 N–H and O–H groups in total. The molecule has 1 rings (SSSR count). The predicted octanol–water partition coefficient (Wildman–Crippen LogP) is 2.60. The van der Waals surface area contributed by atoms with Crippen LogP contribution >= 0.6 is 0 Å². The summed E-state index contributed by atoms with van der Waals surface area (Å²) in [4.78, 5) is 0. The average molecular weight is 162 g/mol. The maximum Gasteiger partial charge on any atom is 0.0615 e. The zero-order valence-electron chi connectivity index (χ0n) is 7.46. The fraction of sp³-hybridized carbons (Fsp3) is 0.200. The minimum absolute atomic E-state index is 0.777. The monoisotopic (exact) mass is 162 g/mol. The Bertz CT molecular complexity index is 290. The molecular weight excluding hydrogens is 148 g/mol. The standard InChI is InChI=1S/C10H14N2/c1-3-8(2)12-10-7-5-4-6-9(10)11/h3-7,12H,11H2,1-2H3/b8-3+. The predicted molar refractivity (Wildman–Crippen MR) is 53.9 cm³/mol. The van der Waals surface area contributed by atoms with Gasteiger partial charge in [-0.05, 0) is 26.0 Å². The number of allylic oxidation sites excluding steroid dienone is 2. The molecule has 0 aliphatic rings. The lowest BCUT2D eigenvalue weighted by molar-refractivity contribution is 1.35. The van der Waals surface area contributed by atoms with Gasteiger partial charge in [-0.25, -0.2) is 0 Å². The third-order valence-electron chi connectivity index (χ3n) is 1.73. The second kappa shape index (κ2) is 3.81. The van der Waals surface area contributed by atoms with Gasteiger partial charge in [-0.2, -0.15) is 0 Å². The zero-order valence-corrected chi connectivity index (χ0v) is 7.46. The van der Waals surface area contributed by atoms with Gasteiger partial charge in [-0.3, -0.25) is 0 Å². The molecule has 0 aliphatic carbocycles. The minimum Gasteiger partial charge on any atom is -0.397 e. The maximum atomic E-state index is 5.73. The SMILES string of the molecule is C/C=C(\C)Nc1ccccc1N. The number of benzene rings is 1. The normalized spacial score (nSPS) is 11.3. The van der Waals surface area contributed by atoms with E-state index in [0.29, 0.717) is 0 Å². The molecule has 0 radical (unpaired) electrons. The van der Waals surface area contributed by atoms with E-state index in [1.807, 2.05) is 44.2 Å². The van der Waals surface area contributed by atoms with Crippen molar-refractivity contribution in [1.82, 2.24) is 0 Å². The first-order valence-corrected chi connectivity index (χ1v) is 3.98.